The summed E-state index contributed by atoms with van der Waals surface area (Å²) in [6, 6.07) is 11.0. The molecule has 0 aliphatic carbocycles. The number of aromatic nitrogens is 1. The van der Waals surface area contributed by atoms with Gasteiger partial charge in [0.25, 0.3) is 5.91 Å². The lowest BCUT2D eigenvalue weighted by Gasteiger charge is -2.34. The molecule has 3 rings (SSSR count). The van der Waals surface area contributed by atoms with Crippen molar-refractivity contribution in [1.29, 1.82) is 0 Å². The molecule has 1 aliphatic rings. The number of anilines is 2. The summed E-state index contributed by atoms with van der Waals surface area (Å²) in [6.07, 6.45) is 3.78. The second-order valence-corrected chi connectivity index (χ2v) is 7.64. The molecular formula is C20H23BrN4O2. The van der Waals surface area contributed by atoms with Crippen molar-refractivity contribution in [2.75, 3.05) is 29.9 Å². The Bertz CT molecular complexity index is 810. The highest BCUT2D eigenvalue weighted by molar-refractivity contribution is 9.10. The van der Waals surface area contributed by atoms with E-state index in [1.165, 1.54) is 6.92 Å². The second-order valence-electron chi connectivity index (χ2n) is 6.73. The quantitative estimate of drug-likeness (QED) is 0.761. The van der Waals surface area contributed by atoms with Crippen molar-refractivity contribution in [3.8, 4) is 0 Å². The van der Waals surface area contributed by atoms with Gasteiger partial charge in [0.2, 0.25) is 5.91 Å². The number of amides is 2. The van der Waals surface area contributed by atoms with E-state index >= 15 is 0 Å². The molecule has 142 valence electrons. The molecule has 1 aromatic carbocycles. The molecule has 0 spiro atoms. The van der Waals surface area contributed by atoms with E-state index < -0.39 is 0 Å². The molecule has 1 saturated heterocycles. The maximum atomic E-state index is 12.8. The third kappa shape index (κ3) is 5.29. The van der Waals surface area contributed by atoms with E-state index in [1.54, 1.807) is 18.3 Å². The summed E-state index contributed by atoms with van der Waals surface area (Å²) in [5.41, 5.74) is 1.29. The lowest BCUT2D eigenvalue weighted by Crippen LogP contribution is -2.41. The minimum atomic E-state index is -0.176. The van der Waals surface area contributed by atoms with Gasteiger partial charge in [-0.3, -0.25) is 9.59 Å². The van der Waals surface area contributed by atoms with Crippen molar-refractivity contribution in [3.63, 3.8) is 0 Å². The van der Waals surface area contributed by atoms with E-state index in [2.05, 4.69) is 36.4 Å². The SMILES string of the molecule is CC(=O)NCC1CCCN(c2ncccc2C(=O)Nc2ccc(Br)cc2)C1. The molecule has 1 aromatic heterocycles. The Morgan fingerprint density at radius 3 is 2.78 bits per heavy atom. The summed E-state index contributed by atoms with van der Waals surface area (Å²) in [7, 11) is 0. The van der Waals surface area contributed by atoms with Crippen LogP contribution in [-0.2, 0) is 4.79 Å². The van der Waals surface area contributed by atoms with E-state index in [-0.39, 0.29) is 11.8 Å². The van der Waals surface area contributed by atoms with Gasteiger partial charge in [-0.2, -0.15) is 0 Å². The largest absolute Gasteiger partial charge is 0.356 e. The third-order valence-electron chi connectivity index (χ3n) is 4.59. The number of carbonyl (C=O) groups excluding carboxylic acids is 2. The van der Waals surface area contributed by atoms with Gasteiger partial charge in [-0.25, -0.2) is 4.98 Å². The first-order valence-corrected chi connectivity index (χ1v) is 9.83. The van der Waals surface area contributed by atoms with Crippen molar-refractivity contribution in [3.05, 3.63) is 52.6 Å². The second kappa shape index (κ2) is 8.99. The Morgan fingerprint density at radius 1 is 1.26 bits per heavy atom. The number of rotatable bonds is 5. The molecule has 2 N–H and O–H groups in total. The highest BCUT2D eigenvalue weighted by Crippen LogP contribution is 2.25. The standard InChI is InChI=1S/C20H23BrN4O2/c1-14(26)23-12-15-4-3-11-25(13-15)19-18(5-2-10-22-19)20(27)24-17-8-6-16(21)7-9-17/h2,5-10,15H,3-4,11-13H2,1H3,(H,23,26)(H,24,27). The summed E-state index contributed by atoms with van der Waals surface area (Å²) in [5, 5.41) is 5.83. The van der Waals surface area contributed by atoms with Gasteiger partial charge in [0, 0.05) is 42.9 Å². The smallest absolute Gasteiger partial charge is 0.259 e. The van der Waals surface area contributed by atoms with Crippen molar-refractivity contribution in [1.82, 2.24) is 10.3 Å². The number of halogens is 1. The van der Waals surface area contributed by atoms with Gasteiger partial charge in [0.05, 0.1) is 5.56 Å². The number of hydrogen-bond acceptors (Lipinski definition) is 4. The number of piperidine rings is 1. The molecule has 2 aromatic rings. The summed E-state index contributed by atoms with van der Waals surface area (Å²) in [6.45, 7) is 3.81. The molecule has 1 aliphatic heterocycles. The van der Waals surface area contributed by atoms with Crippen molar-refractivity contribution < 1.29 is 9.59 Å². The van der Waals surface area contributed by atoms with Crippen LogP contribution in [0.25, 0.3) is 0 Å². The average Bonchev–Trinajstić information content (AvgIpc) is 2.68. The topological polar surface area (TPSA) is 74.3 Å². The molecule has 6 nitrogen and oxygen atoms in total. The molecule has 2 amide bonds. The Kier molecular flexibility index (Phi) is 6.45. The van der Waals surface area contributed by atoms with Gasteiger partial charge in [0.15, 0.2) is 0 Å². The van der Waals surface area contributed by atoms with Crippen LogP contribution in [0.1, 0.15) is 30.1 Å². The van der Waals surface area contributed by atoms with Crippen LogP contribution in [0.5, 0.6) is 0 Å². The van der Waals surface area contributed by atoms with Crippen molar-refractivity contribution >= 4 is 39.2 Å². The van der Waals surface area contributed by atoms with Crippen molar-refractivity contribution in [2.24, 2.45) is 5.92 Å². The first-order chi connectivity index (χ1) is 13.0. The summed E-state index contributed by atoms with van der Waals surface area (Å²) >= 11 is 3.39. The van der Waals surface area contributed by atoms with Crippen LogP contribution in [-0.4, -0.2) is 36.4 Å². The number of pyridine rings is 1. The Labute approximate surface area is 167 Å². The summed E-state index contributed by atoms with van der Waals surface area (Å²) in [5.74, 6) is 0.857. The van der Waals surface area contributed by atoms with Crippen LogP contribution in [0.2, 0.25) is 0 Å². The normalized spacial score (nSPS) is 16.7. The molecule has 2 heterocycles. The van der Waals surface area contributed by atoms with Gasteiger partial charge < -0.3 is 15.5 Å². The zero-order valence-corrected chi connectivity index (χ0v) is 16.8. The Hall–Kier alpha value is -2.41. The fourth-order valence-corrected chi connectivity index (χ4v) is 3.53. The van der Waals surface area contributed by atoms with Gasteiger partial charge >= 0.3 is 0 Å². The minimum Gasteiger partial charge on any atom is -0.356 e. The van der Waals surface area contributed by atoms with Crippen LogP contribution in [0, 0.1) is 5.92 Å². The molecule has 7 heteroatoms. The lowest BCUT2D eigenvalue weighted by molar-refractivity contribution is -0.119. The molecule has 27 heavy (non-hydrogen) atoms. The predicted molar refractivity (Wildman–Crippen MR) is 110 cm³/mol. The van der Waals surface area contributed by atoms with E-state index in [0.717, 1.165) is 36.1 Å². The highest BCUT2D eigenvalue weighted by Gasteiger charge is 2.24. The number of carbonyl (C=O) groups is 2. The number of benzene rings is 1. The minimum absolute atomic E-state index is 0.0143. The molecular weight excluding hydrogens is 408 g/mol. The molecule has 1 unspecified atom stereocenters. The monoisotopic (exact) mass is 430 g/mol. The Balaban J connectivity index is 1.73. The van der Waals surface area contributed by atoms with Crippen LogP contribution in [0.3, 0.4) is 0 Å². The van der Waals surface area contributed by atoms with E-state index in [9.17, 15) is 9.59 Å². The van der Waals surface area contributed by atoms with Crippen molar-refractivity contribution in [2.45, 2.75) is 19.8 Å². The molecule has 0 saturated carbocycles. The van der Waals surface area contributed by atoms with E-state index in [0.29, 0.717) is 23.8 Å². The van der Waals surface area contributed by atoms with Gasteiger partial charge in [-0.1, -0.05) is 15.9 Å². The summed E-state index contributed by atoms with van der Waals surface area (Å²) < 4.78 is 0.959. The third-order valence-corrected chi connectivity index (χ3v) is 5.12. The number of hydrogen-bond donors (Lipinski definition) is 2. The number of nitrogens with one attached hydrogen (secondary N) is 2. The molecule has 1 atom stereocenters. The van der Waals surface area contributed by atoms with Gasteiger partial charge in [-0.15, -0.1) is 0 Å². The summed E-state index contributed by atoms with van der Waals surface area (Å²) in [4.78, 5) is 30.6. The zero-order chi connectivity index (χ0) is 19.2. The van der Waals surface area contributed by atoms with Crippen LogP contribution in [0.15, 0.2) is 47.1 Å². The van der Waals surface area contributed by atoms with E-state index in [1.807, 2.05) is 24.3 Å². The molecule has 1 fully saturated rings. The maximum absolute atomic E-state index is 12.8. The first-order valence-electron chi connectivity index (χ1n) is 9.04. The van der Waals surface area contributed by atoms with Gasteiger partial charge in [-0.05, 0) is 55.2 Å². The Morgan fingerprint density at radius 2 is 2.04 bits per heavy atom. The molecule has 0 radical (unpaired) electrons. The van der Waals surface area contributed by atoms with E-state index in [4.69, 9.17) is 0 Å². The van der Waals surface area contributed by atoms with Gasteiger partial charge in [0.1, 0.15) is 5.82 Å². The first kappa shape index (κ1) is 19.4. The molecule has 0 bridgehead atoms. The van der Waals surface area contributed by atoms with Crippen LogP contribution < -0.4 is 15.5 Å². The number of nitrogens with zero attached hydrogens (tertiary/aromatic N) is 2. The zero-order valence-electron chi connectivity index (χ0n) is 15.2. The fourth-order valence-electron chi connectivity index (χ4n) is 3.27. The van der Waals surface area contributed by atoms with Crippen LogP contribution >= 0.6 is 15.9 Å². The maximum Gasteiger partial charge on any atom is 0.259 e. The predicted octanol–water partition coefficient (Wildman–Crippen LogP) is 3.45. The average molecular weight is 431 g/mol. The highest BCUT2D eigenvalue weighted by atomic mass is 79.9. The lowest BCUT2D eigenvalue weighted by atomic mass is 9.97. The fraction of sp³-hybridized carbons (Fsp3) is 0.350. The van der Waals surface area contributed by atoms with Crippen LogP contribution in [0.4, 0.5) is 11.5 Å².